The van der Waals surface area contributed by atoms with E-state index in [4.69, 9.17) is 20.9 Å². The van der Waals surface area contributed by atoms with Crippen molar-refractivity contribution >= 4 is 19.0 Å². The van der Waals surface area contributed by atoms with Crippen LogP contribution in [0.15, 0.2) is 0 Å². The van der Waals surface area contributed by atoms with Crippen LogP contribution in [0, 0.1) is 5.92 Å². The van der Waals surface area contributed by atoms with E-state index in [0.717, 1.165) is 0 Å². The SMILES string of the molecule is CC(N)C(=O)NC1CNC(C(=O)O)C1CCCB(O)O. The van der Waals surface area contributed by atoms with Crippen molar-refractivity contribution < 1.29 is 24.7 Å². The highest BCUT2D eigenvalue weighted by Gasteiger charge is 2.40. The van der Waals surface area contributed by atoms with Gasteiger partial charge in [-0.3, -0.25) is 9.59 Å². The number of nitrogens with one attached hydrogen (secondary N) is 2. The summed E-state index contributed by atoms with van der Waals surface area (Å²) in [4.78, 5) is 22.8. The van der Waals surface area contributed by atoms with E-state index < -0.39 is 25.2 Å². The topological polar surface area (TPSA) is 145 Å². The molecule has 0 spiro atoms. The Labute approximate surface area is 117 Å². The first-order chi connectivity index (χ1) is 9.32. The van der Waals surface area contributed by atoms with Gasteiger partial charge in [-0.05, 0) is 19.7 Å². The van der Waals surface area contributed by atoms with E-state index in [9.17, 15) is 9.59 Å². The summed E-state index contributed by atoms with van der Waals surface area (Å²) in [7, 11) is -1.40. The van der Waals surface area contributed by atoms with E-state index in [1.54, 1.807) is 6.92 Å². The van der Waals surface area contributed by atoms with E-state index in [1.165, 1.54) is 0 Å². The Balaban J connectivity index is 2.62. The predicted molar refractivity (Wildman–Crippen MR) is 72.7 cm³/mol. The van der Waals surface area contributed by atoms with Crippen molar-refractivity contribution in [2.75, 3.05) is 6.54 Å². The van der Waals surface area contributed by atoms with Crippen molar-refractivity contribution in [3.63, 3.8) is 0 Å². The van der Waals surface area contributed by atoms with Crippen molar-refractivity contribution in [2.24, 2.45) is 11.7 Å². The van der Waals surface area contributed by atoms with Crippen LogP contribution >= 0.6 is 0 Å². The predicted octanol–water partition coefficient (Wildman–Crippen LogP) is -2.26. The van der Waals surface area contributed by atoms with Gasteiger partial charge >= 0.3 is 13.1 Å². The minimum Gasteiger partial charge on any atom is -0.480 e. The van der Waals surface area contributed by atoms with Gasteiger partial charge in [0.05, 0.1) is 6.04 Å². The summed E-state index contributed by atoms with van der Waals surface area (Å²) >= 11 is 0. The van der Waals surface area contributed by atoms with Crippen LogP contribution in [0.3, 0.4) is 0 Å². The summed E-state index contributed by atoms with van der Waals surface area (Å²) in [6.07, 6.45) is 1.13. The number of rotatable bonds is 7. The van der Waals surface area contributed by atoms with Crippen molar-refractivity contribution in [3.05, 3.63) is 0 Å². The summed E-state index contributed by atoms with van der Waals surface area (Å²) in [5, 5.41) is 32.4. The number of carboxylic acids is 1. The zero-order chi connectivity index (χ0) is 15.3. The molecule has 1 rings (SSSR count). The Morgan fingerprint density at radius 1 is 1.50 bits per heavy atom. The molecule has 7 N–H and O–H groups in total. The lowest BCUT2D eigenvalue weighted by Crippen LogP contribution is -2.48. The van der Waals surface area contributed by atoms with Gasteiger partial charge in [0.25, 0.3) is 0 Å². The summed E-state index contributed by atoms with van der Waals surface area (Å²) < 4.78 is 0. The fraction of sp³-hybridized carbons (Fsp3) is 0.818. The number of carbonyl (C=O) groups is 2. The lowest BCUT2D eigenvalue weighted by Gasteiger charge is -2.23. The highest BCUT2D eigenvalue weighted by molar-refractivity contribution is 6.40. The second-order valence-corrected chi connectivity index (χ2v) is 5.20. The largest absolute Gasteiger partial charge is 0.480 e. The molecule has 8 nitrogen and oxygen atoms in total. The molecule has 1 heterocycles. The molecule has 9 heteroatoms. The molecule has 114 valence electrons. The molecule has 0 bridgehead atoms. The van der Waals surface area contributed by atoms with Gasteiger partial charge in [-0.1, -0.05) is 6.42 Å². The maximum atomic E-state index is 11.6. The third-order valence-corrected chi connectivity index (χ3v) is 3.51. The Bertz CT molecular complexity index is 353. The van der Waals surface area contributed by atoms with Gasteiger partial charge in [0.2, 0.25) is 5.91 Å². The lowest BCUT2D eigenvalue weighted by molar-refractivity contribution is -0.140. The first kappa shape index (κ1) is 16.9. The molecular weight excluding hydrogens is 265 g/mol. The quantitative estimate of drug-likeness (QED) is 0.290. The average Bonchev–Trinajstić information content (AvgIpc) is 2.72. The van der Waals surface area contributed by atoms with Gasteiger partial charge in [-0.25, -0.2) is 0 Å². The summed E-state index contributed by atoms with van der Waals surface area (Å²) in [5.74, 6) is -1.60. The number of amides is 1. The molecule has 4 atom stereocenters. The normalized spacial score (nSPS) is 27.1. The maximum Gasteiger partial charge on any atom is 0.451 e. The number of hydrogen-bond donors (Lipinski definition) is 6. The number of carbonyl (C=O) groups excluding carboxylic acids is 1. The molecule has 1 aliphatic rings. The first-order valence-corrected chi connectivity index (χ1v) is 6.71. The zero-order valence-corrected chi connectivity index (χ0v) is 11.5. The van der Waals surface area contributed by atoms with Crippen molar-refractivity contribution in [1.82, 2.24) is 10.6 Å². The summed E-state index contributed by atoms with van der Waals surface area (Å²) in [6.45, 7) is 1.92. The minimum absolute atomic E-state index is 0.177. The third kappa shape index (κ3) is 4.75. The number of hydrogen-bond acceptors (Lipinski definition) is 6. The fourth-order valence-electron chi connectivity index (χ4n) is 2.44. The Hall–Kier alpha value is -1.16. The number of carboxylic acid groups (broad SMARTS) is 1. The van der Waals surface area contributed by atoms with Gasteiger partial charge in [0, 0.05) is 18.5 Å². The highest BCUT2D eigenvalue weighted by Crippen LogP contribution is 2.23. The van der Waals surface area contributed by atoms with E-state index >= 15 is 0 Å². The van der Waals surface area contributed by atoms with Crippen LogP contribution in [-0.2, 0) is 9.59 Å². The van der Waals surface area contributed by atoms with E-state index in [2.05, 4.69) is 10.6 Å². The van der Waals surface area contributed by atoms with Crippen LogP contribution in [0.25, 0.3) is 0 Å². The molecule has 1 fully saturated rings. The lowest BCUT2D eigenvalue weighted by atomic mass is 9.80. The first-order valence-electron chi connectivity index (χ1n) is 6.71. The third-order valence-electron chi connectivity index (χ3n) is 3.51. The summed E-state index contributed by atoms with van der Waals surface area (Å²) in [6, 6.07) is -1.71. The van der Waals surface area contributed by atoms with Crippen LogP contribution in [0.4, 0.5) is 0 Å². The second-order valence-electron chi connectivity index (χ2n) is 5.20. The maximum absolute atomic E-state index is 11.6. The van der Waals surface area contributed by atoms with Crippen molar-refractivity contribution in [1.29, 1.82) is 0 Å². The van der Waals surface area contributed by atoms with Gasteiger partial charge in [0.15, 0.2) is 0 Å². The van der Waals surface area contributed by atoms with Crippen LogP contribution in [0.5, 0.6) is 0 Å². The van der Waals surface area contributed by atoms with Gasteiger partial charge in [-0.2, -0.15) is 0 Å². The molecule has 0 aliphatic carbocycles. The van der Waals surface area contributed by atoms with Crippen LogP contribution in [0.1, 0.15) is 19.8 Å². The van der Waals surface area contributed by atoms with Crippen LogP contribution in [0.2, 0.25) is 6.32 Å². The zero-order valence-electron chi connectivity index (χ0n) is 11.5. The number of nitrogens with two attached hydrogens (primary N) is 1. The smallest absolute Gasteiger partial charge is 0.451 e. The molecular formula is C11H22BN3O5. The van der Waals surface area contributed by atoms with Crippen molar-refractivity contribution in [2.45, 2.75) is 44.2 Å². The minimum atomic E-state index is -1.40. The second kappa shape index (κ2) is 7.58. The molecule has 20 heavy (non-hydrogen) atoms. The Morgan fingerprint density at radius 3 is 2.65 bits per heavy atom. The van der Waals surface area contributed by atoms with Gasteiger partial charge in [0.1, 0.15) is 6.04 Å². The molecule has 1 saturated heterocycles. The molecule has 4 unspecified atom stereocenters. The molecule has 0 aromatic rings. The summed E-state index contributed by atoms with van der Waals surface area (Å²) in [5.41, 5.74) is 5.48. The average molecular weight is 287 g/mol. The van der Waals surface area contributed by atoms with E-state index in [0.29, 0.717) is 19.4 Å². The molecule has 0 aromatic carbocycles. The van der Waals surface area contributed by atoms with Crippen LogP contribution < -0.4 is 16.4 Å². The Kier molecular flexibility index (Phi) is 6.40. The molecule has 0 radical (unpaired) electrons. The van der Waals surface area contributed by atoms with Crippen molar-refractivity contribution in [3.8, 4) is 0 Å². The Morgan fingerprint density at radius 2 is 2.15 bits per heavy atom. The molecule has 0 saturated carbocycles. The van der Waals surface area contributed by atoms with Gasteiger partial charge < -0.3 is 31.5 Å². The van der Waals surface area contributed by atoms with E-state index in [-0.39, 0.29) is 24.2 Å². The number of aliphatic carboxylic acids is 1. The fourth-order valence-corrected chi connectivity index (χ4v) is 2.44. The molecule has 0 aromatic heterocycles. The standard InChI is InChI=1S/C11H22BN3O5/c1-6(13)10(16)15-8-5-14-9(11(17)18)7(8)3-2-4-12(19)20/h6-9,14,19-20H,2-5,13H2,1H3,(H,15,16)(H,17,18). The molecule has 1 amide bonds. The molecule has 1 aliphatic heterocycles. The van der Waals surface area contributed by atoms with Gasteiger partial charge in [-0.15, -0.1) is 0 Å². The monoisotopic (exact) mass is 287 g/mol. The highest BCUT2D eigenvalue weighted by atomic mass is 16.4. The van der Waals surface area contributed by atoms with Crippen LogP contribution in [-0.4, -0.2) is 58.8 Å². The van der Waals surface area contributed by atoms with E-state index in [1.807, 2.05) is 0 Å².